The molecular formula is C19H24N2O3S. The lowest BCUT2D eigenvalue weighted by Crippen LogP contribution is -2.13. The van der Waals surface area contributed by atoms with Gasteiger partial charge in [-0.15, -0.1) is 11.3 Å². The fourth-order valence-corrected chi connectivity index (χ4v) is 3.45. The number of amides is 1. The highest BCUT2D eigenvalue weighted by molar-refractivity contribution is 7.16. The second-order valence-electron chi connectivity index (χ2n) is 6.78. The Morgan fingerprint density at radius 1 is 1.16 bits per heavy atom. The molecular weight excluding hydrogens is 336 g/mol. The predicted octanol–water partition coefficient (Wildman–Crippen LogP) is 4.55. The van der Waals surface area contributed by atoms with E-state index < -0.39 is 5.97 Å². The zero-order valence-corrected chi connectivity index (χ0v) is 15.8. The van der Waals surface area contributed by atoms with E-state index in [0.717, 1.165) is 5.56 Å². The summed E-state index contributed by atoms with van der Waals surface area (Å²) < 4.78 is 0. The summed E-state index contributed by atoms with van der Waals surface area (Å²) in [4.78, 5) is 28.2. The Kier molecular flexibility index (Phi) is 6.31. The summed E-state index contributed by atoms with van der Waals surface area (Å²) in [7, 11) is 0. The number of thiazole rings is 1. The van der Waals surface area contributed by atoms with Gasteiger partial charge in [0.2, 0.25) is 5.91 Å². The van der Waals surface area contributed by atoms with Crippen LogP contribution in [0.4, 0.5) is 5.13 Å². The van der Waals surface area contributed by atoms with Crippen molar-refractivity contribution in [1.29, 1.82) is 0 Å². The van der Waals surface area contributed by atoms with E-state index in [4.69, 9.17) is 5.11 Å². The molecule has 25 heavy (non-hydrogen) atoms. The minimum Gasteiger partial charge on any atom is -0.481 e. The summed E-state index contributed by atoms with van der Waals surface area (Å²) >= 11 is 1.22. The number of carboxylic acids is 1. The first-order valence-electron chi connectivity index (χ1n) is 8.38. The molecule has 0 fully saturated rings. The van der Waals surface area contributed by atoms with Gasteiger partial charge in [-0.2, -0.15) is 0 Å². The molecule has 1 aromatic heterocycles. The van der Waals surface area contributed by atoms with Crippen molar-refractivity contribution in [3.05, 3.63) is 34.7 Å². The van der Waals surface area contributed by atoms with E-state index in [0.29, 0.717) is 28.0 Å². The topological polar surface area (TPSA) is 79.3 Å². The fourth-order valence-electron chi connectivity index (χ4n) is 2.45. The molecule has 0 radical (unpaired) electrons. The van der Waals surface area contributed by atoms with Gasteiger partial charge in [-0.3, -0.25) is 9.59 Å². The maximum Gasteiger partial charge on any atom is 0.308 e. The lowest BCUT2D eigenvalue weighted by atomic mass is 10.0. The van der Waals surface area contributed by atoms with Crippen LogP contribution in [0.2, 0.25) is 0 Å². The number of carbonyl (C=O) groups is 2. The summed E-state index contributed by atoms with van der Waals surface area (Å²) in [6, 6.07) is 7.97. The molecule has 6 heteroatoms. The van der Waals surface area contributed by atoms with Gasteiger partial charge in [-0.25, -0.2) is 4.98 Å². The number of rotatable bonds is 7. The van der Waals surface area contributed by atoms with E-state index in [2.05, 4.69) is 24.1 Å². The molecule has 1 aromatic carbocycles. The predicted molar refractivity (Wildman–Crippen MR) is 101 cm³/mol. The molecule has 0 unspecified atom stereocenters. The van der Waals surface area contributed by atoms with Crippen LogP contribution in [0.5, 0.6) is 0 Å². The van der Waals surface area contributed by atoms with Crippen LogP contribution in [0.3, 0.4) is 0 Å². The van der Waals surface area contributed by atoms with Gasteiger partial charge >= 0.3 is 5.97 Å². The van der Waals surface area contributed by atoms with Crippen molar-refractivity contribution in [3.63, 3.8) is 0 Å². The Bertz CT molecular complexity index is 749. The van der Waals surface area contributed by atoms with Crippen LogP contribution in [0, 0.1) is 5.92 Å². The minimum absolute atomic E-state index is 0.104. The molecule has 1 amide bonds. The van der Waals surface area contributed by atoms with Crippen LogP contribution >= 0.6 is 11.3 Å². The van der Waals surface area contributed by atoms with Crippen molar-refractivity contribution in [1.82, 2.24) is 4.98 Å². The number of aromatic nitrogens is 1. The van der Waals surface area contributed by atoms with Crippen molar-refractivity contribution in [2.45, 2.75) is 46.5 Å². The molecule has 0 saturated carbocycles. The van der Waals surface area contributed by atoms with Crippen molar-refractivity contribution in [3.8, 4) is 11.3 Å². The zero-order valence-electron chi connectivity index (χ0n) is 15.0. The second-order valence-corrected chi connectivity index (χ2v) is 7.87. The maximum absolute atomic E-state index is 12.0. The molecule has 0 aliphatic heterocycles. The number of nitrogens with zero attached hydrogens (tertiary/aromatic N) is 1. The molecule has 5 nitrogen and oxygen atoms in total. The van der Waals surface area contributed by atoms with Crippen LogP contribution in [0.1, 0.15) is 50.5 Å². The number of carboxylic acid groups (broad SMARTS) is 1. The summed E-state index contributed by atoms with van der Waals surface area (Å²) in [5.41, 5.74) is 2.70. The largest absolute Gasteiger partial charge is 0.481 e. The molecule has 0 saturated heterocycles. The third kappa shape index (κ3) is 5.39. The minimum atomic E-state index is -0.913. The fraction of sp³-hybridized carbons (Fsp3) is 0.421. The molecule has 0 bridgehead atoms. The molecule has 2 N–H and O–H groups in total. The third-order valence-corrected chi connectivity index (χ3v) is 4.67. The Morgan fingerprint density at radius 2 is 1.80 bits per heavy atom. The van der Waals surface area contributed by atoms with Gasteiger partial charge in [0, 0.05) is 16.9 Å². The zero-order chi connectivity index (χ0) is 18.6. The van der Waals surface area contributed by atoms with Gasteiger partial charge in [0.25, 0.3) is 0 Å². The number of hydrogen-bond acceptors (Lipinski definition) is 4. The average molecular weight is 360 g/mol. The molecule has 0 aliphatic carbocycles. The SMILES string of the molecule is CC(C)CC(=O)Nc1nc(-c2ccc(C(C)C)cc2)c(CC(=O)O)s1. The Labute approximate surface area is 152 Å². The summed E-state index contributed by atoms with van der Waals surface area (Å²) in [6.45, 7) is 8.18. The normalized spacial score (nSPS) is 11.1. The molecule has 0 atom stereocenters. The summed E-state index contributed by atoms with van der Waals surface area (Å²) in [5, 5.41) is 12.4. The number of carbonyl (C=O) groups excluding carboxylic acids is 1. The molecule has 2 rings (SSSR count). The lowest BCUT2D eigenvalue weighted by molar-refractivity contribution is -0.136. The van der Waals surface area contributed by atoms with Crippen LogP contribution in [-0.2, 0) is 16.0 Å². The first-order valence-corrected chi connectivity index (χ1v) is 9.19. The first-order chi connectivity index (χ1) is 11.8. The average Bonchev–Trinajstić information content (AvgIpc) is 2.87. The quantitative estimate of drug-likeness (QED) is 0.759. The molecule has 2 aromatic rings. The van der Waals surface area contributed by atoms with Gasteiger partial charge < -0.3 is 10.4 Å². The Balaban J connectivity index is 2.31. The smallest absolute Gasteiger partial charge is 0.308 e. The summed E-state index contributed by atoms with van der Waals surface area (Å²) in [6.07, 6.45) is 0.297. The maximum atomic E-state index is 12.0. The van der Waals surface area contributed by atoms with E-state index in [9.17, 15) is 9.59 Å². The van der Waals surface area contributed by atoms with E-state index >= 15 is 0 Å². The van der Waals surface area contributed by atoms with Gasteiger partial charge in [0.15, 0.2) is 5.13 Å². The van der Waals surface area contributed by atoms with Crippen molar-refractivity contribution in [2.24, 2.45) is 5.92 Å². The highest BCUT2D eigenvalue weighted by Crippen LogP contribution is 2.32. The highest BCUT2D eigenvalue weighted by atomic mass is 32.1. The molecule has 0 aliphatic rings. The number of benzene rings is 1. The Hall–Kier alpha value is -2.21. The summed E-state index contributed by atoms with van der Waals surface area (Å²) in [5.74, 6) is -0.341. The monoisotopic (exact) mass is 360 g/mol. The van der Waals surface area contributed by atoms with Crippen molar-refractivity contribution < 1.29 is 14.7 Å². The number of aliphatic carboxylic acids is 1. The van der Waals surface area contributed by atoms with Crippen LogP contribution in [-0.4, -0.2) is 22.0 Å². The van der Waals surface area contributed by atoms with Gasteiger partial charge in [0.05, 0.1) is 12.1 Å². The number of anilines is 1. The first kappa shape index (κ1) is 19.1. The van der Waals surface area contributed by atoms with E-state index in [-0.39, 0.29) is 18.2 Å². The van der Waals surface area contributed by atoms with Gasteiger partial charge in [-0.1, -0.05) is 52.0 Å². The van der Waals surface area contributed by atoms with Gasteiger partial charge in [-0.05, 0) is 17.4 Å². The lowest BCUT2D eigenvalue weighted by Gasteiger charge is -2.06. The van der Waals surface area contributed by atoms with Crippen LogP contribution < -0.4 is 5.32 Å². The van der Waals surface area contributed by atoms with Crippen molar-refractivity contribution >= 4 is 28.3 Å². The number of hydrogen-bond donors (Lipinski definition) is 2. The standard InChI is InChI=1S/C19H24N2O3S/c1-11(2)9-16(22)20-19-21-18(15(25-19)10-17(23)24)14-7-5-13(6-8-14)12(3)4/h5-8,11-12H,9-10H2,1-4H3,(H,23,24)(H,20,21,22). The Morgan fingerprint density at radius 3 is 2.32 bits per heavy atom. The van der Waals surface area contributed by atoms with Gasteiger partial charge in [0.1, 0.15) is 0 Å². The van der Waals surface area contributed by atoms with E-state index in [1.165, 1.54) is 16.9 Å². The van der Waals surface area contributed by atoms with Crippen LogP contribution in [0.15, 0.2) is 24.3 Å². The molecule has 134 valence electrons. The highest BCUT2D eigenvalue weighted by Gasteiger charge is 2.17. The third-order valence-electron chi connectivity index (χ3n) is 3.70. The van der Waals surface area contributed by atoms with Crippen LogP contribution in [0.25, 0.3) is 11.3 Å². The van der Waals surface area contributed by atoms with Crippen molar-refractivity contribution in [2.75, 3.05) is 5.32 Å². The van der Waals surface area contributed by atoms with E-state index in [1.54, 1.807) is 0 Å². The second kappa shape index (κ2) is 8.25. The molecule has 0 spiro atoms. The van der Waals surface area contributed by atoms with E-state index in [1.807, 2.05) is 38.1 Å². The number of nitrogens with one attached hydrogen (secondary N) is 1. The molecule has 1 heterocycles.